The Morgan fingerprint density at radius 3 is 2.53 bits per heavy atom. The van der Waals surface area contributed by atoms with Crippen LogP contribution in [0.3, 0.4) is 0 Å². The summed E-state index contributed by atoms with van der Waals surface area (Å²) in [6, 6.07) is -0.532. The van der Waals surface area contributed by atoms with Crippen LogP contribution in [0.5, 0.6) is 0 Å². The topological polar surface area (TPSA) is 58.4 Å². The lowest BCUT2D eigenvalue weighted by molar-refractivity contribution is -0.147. The molecule has 0 saturated heterocycles. The number of amides is 1. The van der Waals surface area contributed by atoms with Crippen LogP contribution >= 0.6 is 0 Å². The number of hydrogen-bond donors (Lipinski definition) is 2. The number of nitrogens with two attached hydrogens (primary N) is 1. The zero-order valence-corrected chi connectivity index (χ0v) is 11.2. The normalized spacial score (nSPS) is 17.7. The first kappa shape index (κ1) is 16.2. The highest BCUT2D eigenvalue weighted by molar-refractivity contribution is 5.79. The average molecular weight is 281 g/mol. The largest absolute Gasteiger partial charge is 0.401 e. The van der Waals surface area contributed by atoms with Gasteiger partial charge in [0.05, 0.1) is 12.6 Å². The van der Waals surface area contributed by atoms with Gasteiger partial charge in [0.1, 0.15) is 0 Å². The van der Waals surface area contributed by atoms with Gasteiger partial charge in [-0.3, -0.25) is 9.69 Å². The Hall–Kier alpha value is -0.820. The third-order valence-corrected chi connectivity index (χ3v) is 3.13. The molecule has 0 aromatic rings. The van der Waals surface area contributed by atoms with Crippen LogP contribution in [0.2, 0.25) is 0 Å². The van der Waals surface area contributed by atoms with Crippen LogP contribution in [-0.2, 0) is 4.79 Å². The van der Waals surface area contributed by atoms with E-state index in [0.717, 1.165) is 19.3 Å². The van der Waals surface area contributed by atoms with Crippen molar-refractivity contribution in [1.82, 2.24) is 10.2 Å². The van der Waals surface area contributed by atoms with Gasteiger partial charge in [0.2, 0.25) is 5.91 Å². The van der Waals surface area contributed by atoms with E-state index in [1.807, 2.05) is 6.92 Å². The van der Waals surface area contributed by atoms with Gasteiger partial charge in [-0.1, -0.05) is 6.92 Å². The van der Waals surface area contributed by atoms with E-state index < -0.39 is 24.7 Å². The molecule has 0 radical (unpaired) electrons. The Morgan fingerprint density at radius 1 is 1.47 bits per heavy atom. The van der Waals surface area contributed by atoms with Crippen LogP contribution < -0.4 is 11.1 Å². The van der Waals surface area contributed by atoms with E-state index >= 15 is 0 Å². The summed E-state index contributed by atoms with van der Waals surface area (Å²) in [5.74, 6) is -0.504. The molecule has 0 aromatic heterocycles. The molecule has 112 valence electrons. The van der Waals surface area contributed by atoms with Crippen LogP contribution in [0.4, 0.5) is 13.2 Å². The predicted octanol–water partition coefficient (Wildman–Crippen LogP) is 1.26. The molecule has 0 spiro atoms. The van der Waals surface area contributed by atoms with Gasteiger partial charge in [-0.05, 0) is 32.2 Å². The summed E-state index contributed by atoms with van der Waals surface area (Å²) in [7, 11) is 0. The average Bonchev–Trinajstić information content (AvgIpc) is 3.09. The molecule has 1 unspecified atom stereocenters. The summed E-state index contributed by atoms with van der Waals surface area (Å²) in [6.45, 7) is 1.92. The van der Waals surface area contributed by atoms with Crippen LogP contribution in [0.25, 0.3) is 0 Å². The van der Waals surface area contributed by atoms with E-state index in [4.69, 9.17) is 5.73 Å². The number of nitrogens with zero attached hydrogens (tertiary/aromatic N) is 1. The third kappa shape index (κ3) is 6.77. The van der Waals surface area contributed by atoms with Gasteiger partial charge in [-0.15, -0.1) is 0 Å². The maximum Gasteiger partial charge on any atom is 0.401 e. The molecule has 1 aliphatic carbocycles. The maximum atomic E-state index is 12.4. The summed E-state index contributed by atoms with van der Waals surface area (Å²) in [4.78, 5) is 12.6. The van der Waals surface area contributed by atoms with Crippen molar-refractivity contribution in [2.45, 2.75) is 50.9 Å². The summed E-state index contributed by atoms with van der Waals surface area (Å²) in [6.07, 6.45) is -1.42. The van der Waals surface area contributed by atoms with Gasteiger partial charge in [-0.2, -0.15) is 13.2 Å². The number of carbonyl (C=O) groups is 1. The number of alkyl halides is 3. The minimum absolute atomic E-state index is 0.0151. The van der Waals surface area contributed by atoms with Crippen LogP contribution in [0, 0.1) is 0 Å². The van der Waals surface area contributed by atoms with E-state index in [9.17, 15) is 18.0 Å². The summed E-state index contributed by atoms with van der Waals surface area (Å²) < 4.78 is 37.3. The van der Waals surface area contributed by atoms with Crippen molar-refractivity contribution in [3.63, 3.8) is 0 Å². The van der Waals surface area contributed by atoms with E-state index in [-0.39, 0.29) is 12.6 Å². The third-order valence-electron chi connectivity index (χ3n) is 3.13. The maximum absolute atomic E-state index is 12.4. The Morgan fingerprint density at radius 2 is 2.11 bits per heavy atom. The first-order chi connectivity index (χ1) is 8.83. The van der Waals surface area contributed by atoms with E-state index in [0.29, 0.717) is 13.0 Å². The molecule has 0 bridgehead atoms. The lowest BCUT2D eigenvalue weighted by Gasteiger charge is -2.25. The summed E-state index contributed by atoms with van der Waals surface area (Å²) >= 11 is 0. The number of halogens is 3. The number of nitrogens with one attached hydrogen (secondary N) is 1. The molecule has 1 amide bonds. The second-order valence-corrected chi connectivity index (χ2v) is 5.01. The fourth-order valence-electron chi connectivity index (χ4n) is 2.02. The molecule has 19 heavy (non-hydrogen) atoms. The van der Waals surface area contributed by atoms with E-state index in [1.165, 1.54) is 4.90 Å². The van der Waals surface area contributed by atoms with Gasteiger partial charge in [0, 0.05) is 12.6 Å². The van der Waals surface area contributed by atoms with Crippen LogP contribution in [-0.4, -0.2) is 48.7 Å². The lowest BCUT2D eigenvalue weighted by Crippen LogP contribution is -2.45. The zero-order chi connectivity index (χ0) is 14.5. The van der Waals surface area contributed by atoms with Gasteiger partial charge < -0.3 is 11.1 Å². The van der Waals surface area contributed by atoms with Gasteiger partial charge in [-0.25, -0.2) is 0 Å². The fourth-order valence-corrected chi connectivity index (χ4v) is 2.02. The molecule has 1 saturated carbocycles. The molecule has 1 fully saturated rings. The van der Waals surface area contributed by atoms with Crippen molar-refractivity contribution in [3.05, 3.63) is 0 Å². The summed E-state index contributed by atoms with van der Waals surface area (Å²) in [5.41, 5.74) is 5.24. The van der Waals surface area contributed by atoms with Crippen LogP contribution in [0.15, 0.2) is 0 Å². The van der Waals surface area contributed by atoms with Crippen molar-refractivity contribution < 1.29 is 18.0 Å². The number of hydrogen-bond acceptors (Lipinski definition) is 3. The molecular formula is C12H22F3N3O. The number of rotatable bonds is 9. The quantitative estimate of drug-likeness (QED) is 0.669. The van der Waals surface area contributed by atoms with Crippen molar-refractivity contribution in [3.8, 4) is 0 Å². The molecular weight excluding hydrogens is 259 g/mol. The first-order valence-electron chi connectivity index (χ1n) is 6.67. The van der Waals surface area contributed by atoms with E-state index in [2.05, 4.69) is 5.32 Å². The SMILES string of the molecule is CCCNC(CCN(CC(F)(F)F)C1CC1)C(N)=O. The zero-order valence-electron chi connectivity index (χ0n) is 11.2. The predicted molar refractivity (Wildman–Crippen MR) is 66.5 cm³/mol. The molecule has 0 aromatic carbocycles. The fraction of sp³-hybridized carbons (Fsp3) is 0.917. The Kier molecular flexibility index (Phi) is 6.06. The molecule has 1 rings (SSSR count). The molecule has 0 aliphatic heterocycles. The molecule has 4 nitrogen and oxygen atoms in total. The second-order valence-electron chi connectivity index (χ2n) is 5.01. The minimum atomic E-state index is -4.19. The summed E-state index contributed by atoms with van der Waals surface area (Å²) in [5, 5.41) is 2.96. The molecule has 1 atom stereocenters. The first-order valence-corrected chi connectivity index (χ1v) is 6.67. The smallest absolute Gasteiger partial charge is 0.368 e. The Bertz CT molecular complexity index is 292. The highest BCUT2D eigenvalue weighted by atomic mass is 19.4. The highest BCUT2D eigenvalue weighted by Crippen LogP contribution is 2.30. The standard InChI is InChI=1S/C12H22F3N3O/c1-2-6-17-10(11(16)19)5-7-18(9-3-4-9)8-12(13,14)15/h9-10,17H,2-8H2,1H3,(H2,16,19). The van der Waals surface area contributed by atoms with Gasteiger partial charge in [0.25, 0.3) is 0 Å². The second kappa shape index (κ2) is 7.09. The van der Waals surface area contributed by atoms with E-state index in [1.54, 1.807) is 0 Å². The Labute approximate surface area is 111 Å². The van der Waals surface area contributed by atoms with Crippen molar-refractivity contribution in [2.75, 3.05) is 19.6 Å². The lowest BCUT2D eigenvalue weighted by atomic mass is 10.1. The number of carbonyl (C=O) groups excluding carboxylic acids is 1. The van der Waals surface area contributed by atoms with Crippen molar-refractivity contribution >= 4 is 5.91 Å². The van der Waals surface area contributed by atoms with Crippen molar-refractivity contribution in [1.29, 1.82) is 0 Å². The van der Waals surface area contributed by atoms with Crippen LogP contribution in [0.1, 0.15) is 32.6 Å². The molecule has 3 N–H and O–H groups in total. The molecule has 7 heteroatoms. The van der Waals surface area contributed by atoms with Gasteiger partial charge in [0.15, 0.2) is 0 Å². The molecule has 1 aliphatic rings. The Balaban J connectivity index is 2.42. The highest BCUT2D eigenvalue weighted by Gasteiger charge is 2.38. The molecule has 0 heterocycles. The minimum Gasteiger partial charge on any atom is -0.368 e. The van der Waals surface area contributed by atoms with Gasteiger partial charge >= 0.3 is 6.18 Å². The monoisotopic (exact) mass is 281 g/mol. The number of primary amides is 1. The van der Waals surface area contributed by atoms with Crippen molar-refractivity contribution in [2.24, 2.45) is 5.73 Å².